The quantitative estimate of drug-likeness (QED) is 0.337. The smallest absolute Gasteiger partial charge is 0.315 e. The molecule has 3 aliphatic heterocycles. The normalized spacial score (nSPS) is 31.0. The molecule has 6 aliphatic rings. The summed E-state index contributed by atoms with van der Waals surface area (Å²) in [5.74, 6) is -1.87. The molecule has 5 atom stereocenters. The molecule has 50 heavy (non-hydrogen) atoms. The molecule has 3 aliphatic carbocycles. The van der Waals surface area contributed by atoms with E-state index in [2.05, 4.69) is 62.0 Å². The van der Waals surface area contributed by atoms with Gasteiger partial charge >= 0.3 is 6.03 Å². The average molecular weight is 703 g/mol. The van der Waals surface area contributed by atoms with Gasteiger partial charge in [0, 0.05) is 37.6 Å². The lowest BCUT2D eigenvalue weighted by Gasteiger charge is -2.34. The van der Waals surface area contributed by atoms with Gasteiger partial charge in [0.1, 0.15) is 17.6 Å². The second-order valence-corrected chi connectivity index (χ2v) is 17.2. The highest BCUT2D eigenvalue weighted by molar-refractivity contribution is 7.91. The minimum Gasteiger partial charge on any atom is -0.339 e. The number of benzene rings is 2. The molecule has 4 N–H and O–H groups in total. The molecule has 5 amide bonds. The predicted molar refractivity (Wildman–Crippen MR) is 187 cm³/mol. The summed E-state index contributed by atoms with van der Waals surface area (Å²) in [6, 6.07) is 10.5. The van der Waals surface area contributed by atoms with Gasteiger partial charge in [0.05, 0.1) is 5.25 Å². The van der Waals surface area contributed by atoms with E-state index in [4.69, 9.17) is 0 Å². The van der Waals surface area contributed by atoms with Gasteiger partial charge in [-0.1, -0.05) is 61.4 Å². The first-order chi connectivity index (χ1) is 24.1. The number of carbonyl (C=O) groups excluding carboxylic acids is 4. The zero-order valence-electron chi connectivity index (χ0n) is 28.2. The Labute approximate surface area is 292 Å². The summed E-state index contributed by atoms with van der Waals surface area (Å²) < 4.78 is 27.9. The van der Waals surface area contributed by atoms with E-state index < -0.39 is 44.7 Å². The number of carbonyl (C=O) groups is 4. The van der Waals surface area contributed by atoms with Crippen molar-refractivity contribution in [2.45, 2.75) is 119 Å². The second kappa shape index (κ2) is 13.0. The first-order valence-corrected chi connectivity index (χ1v) is 19.8. The van der Waals surface area contributed by atoms with E-state index in [0.717, 1.165) is 38.5 Å². The van der Waals surface area contributed by atoms with Crippen LogP contribution in [0.15, 0.2) is 48.6 Å². The van der Waals surface area contributed by atoms with E-state index in [1.54, 1.807) is 4.90 Å². The van der Waals surface area contributed by atoms with Crippen molar-refractivity contribution in [1.29, 1.82) is 0 Å². The number of sulfonamides is 1. The van der Waals surface area contributed by atoms with E-state index in [-0.39, 0.29) is 42.9 Å². The topological polar surface area (TPSA) is 157 Å². The van der Waals surface area contributed by atoms with Crippen LogP contribution in [-0.4, -0.2) is 83.5 Å². The van der Waals surface area contributed by atoms with Gasteiger partial charge < -0.3 is 20.9 Å². The maximum atomic E-state index is 14.5. The third kappa shape index (κ3) is 6.61. The Bertz CT molecular complexity index is 1820. The largest absolute Gasteiger partial charge is 0.339 e. The summed E-state index contributed by atoms with van der Waals surface area (Å²) in [4.78, 5) is 59.5. The van der Waals surface area contributed by atoms with Crippen LogP contribution in [0.3, 0.4) is 0 Å². The van der Waals surface area contributed by atoms with Crippen molar-refractivity contribution in [1.82, 2.24) is 30.5 Å². The standard InChI is InChI=1S/C37H46N6O6S/c44-33-31-18-28(42-20-24-10-6-8-23-9-7-11-25(21-42)32(23)24)22-43(31)34(45)30(39-36(47)38-27-14-15-27)13-5-3-1-2-4-12-26-19-37(26,40-33)35(46)41-50(48,49)29-16-17-29/h4,6-12,26-31H,1-3,5,13-22H2,(H,40,44)(H,41,46)(H2,38,39,47)/b12-4+/t26?,28-,30?,31?,37?/m1/s1. The summed E-state index contributed by atoms with van der Waals surface area (Å²) in [5, 5.41) is 10.7. The fourth-order valence-corrected chi connectivity index (χ4v) is 9.54. The highest BCUT2D eigenvalue weighted by Crippen LogP contribution is 2.46. The van der Waals surface area contributed by atoms with Gasteiger partial charge in [-0.25, -0.2) is 13.2 Å². The Hall–Kier alpha value is -3.97. The molecule has 8 rings (SSSR count). The fraction of sp³-hybridized carbons (Fsp3) is 0.568. The van der Waals surface area contributed by atoms with Crippen LogP contribution in [0.4, 0.5) is 4.79 Å². The lowest BCUT2D eigenvalue weighted by atomic mass is 9.94. The van der Waals surface area contributed by atoms with Gasteiger partial charge in [-0.15, -0.1) is 0 Å². The molecule has 3 heterocycles. The maximum Gasteiger partial charge on any atom is 0.315 e. The molecule has 266 valence electrons. The molecule has 2 aromatic rings. The third-order valence-corrected chi connectivity index (χ3v) is 13.2. The van der Waals surface area contributed by atoms with E-state index >= 15 is 0 Å². The van der Waals surface area contributed by atoms with Crippen LogP contribution in [0.5, 0.6) is 0 Å². The van der Waals surface area contributed by atoms with Gasteiger partial charge in [0.25, 0.3) is 5.91 Å². The van der Waals surface area contributed by atoms with Crippen LogP contribution in [0, 0.1) is 5.92 Å². The number of allylic oxidation sites excluding steroid dienone is 1. The van der Waals surface area contributed by atoms with Crippen LogP contribution >= 0.6 is 0 Å². The molecule has 3 saturated carbocycles. The monoisotopic (exact) mass is 702 g/mol. The van der Waals surface area contributed by atoms with Crippen LogP contribution in [-0.2, 0) is 37.5 Å². The summed E-state index contributed by atoms with van der Waals surface area (Å²) >= 11 is 0. The molecule has 0 radical (unpaired) electrons. The minimum absolute atomic E-state index is 0.123. The van der Waals surface area contributed by atoms with Gasteiger partial charge in [-0.05, 0) is 79.7 Å². The van der Waals surface area contributed by atoms with E-state index in [0.29, 0.717) is 38.8 Å². The Morgan fingerprint density at radius 3 is 2.34 bits per heavy atom. The third-order valence-electron chi connectivity index (χ3n) is 11.4. The Balaban J connectivity index is 1.09. The number of urea groups is 1. The van der Waals surface area contributed by atoms with Crippen molar-refractivity contribution in [3.63, 3.8) is 0 Å². The molecule has 12 nitrogen and oxygen atoms in total. The molecule has 1 saturated heterocycles. The molecule has 2 aromatic carbocycles. The number of hydrogen-bond acceptors (Lipinski definition) is 7. The molecule has 0 spiro atoms. The Kier molecular flexibility index (Phi) is 8.61. The molecule has 0 bridgehead atoms. The van der Waals surface area contributed by atoms with Crippen LogP contribution in [0.25, 0.3) is 10.8 Å². The van der Waals surface area contributed by atoms with Crippen molar-refractivity contribution in [2.75, 3.05) is 6.54 Å². The van der Waals surface area contributed by atoms with Gasteiger partial charge in [-0.2, -0.15) is 0 Å². The van der Waals surface area contributed by atoms with E-state index in [1.165, 1.54) is 21.9 Å². The molecule has 4 unspecified atom stereocenters. The second-order valence-electron chi connectivity index (χ2n) is 15.2. The van der Waals surface area contributed by atoms with Crippen molar-refractivity contribution in [3.05, 3.63) is 59.7 Å². The first-order valence-electron chi connectivity index (χ1n) is 18.3. The van der Waals surface area contributed by atoms with Gasteiger partial charge in [-0.3, -0.25) is 24.0 Å². The van der Waals surface area contributed by atoms with Gasteiger partial charge in [0.15, 0.2) is 0 Å². The number of amides is 5. The summed E-state index contributed by atoms with van der Waals surface area (Å²) in [6.07, 6.45) is 11.0. The Morgan fingerprint density at radius 2 is 1.64 bits per heavy atom. The highest BCUT2D eigenvalue weighted by Gasteiger charge is 2.62. The van der Waals surface area contributed by atoms with Crippen molar-refractivity contribution in [3.8, 4) is 0 Å². The highest BCUT2D eigenvalue weighted by atomic mass is 32.2. The molecule has 13 heteroatoms. The van der Waals surface area contributed by atoms with Crippen molar-refractivity contribution < 1.29 is 27.6 Å². The predicted octanol–water partition coefficient (Wildman–Crippen LogP) is 2.96. The molecular formula is C37H46N6O6S. The summed E-state index contributed by atoms with van der Waals surface area (Å²) in [5.41, 5.74) is 0.978. The maximum absolute atomic E-state index is 14.5. The number of nitrogens with zero attached hydrogens (tertiary/aromatic N) is 2. The SMILES string of the molecule is O=C(NC1CC1)NC1CCCCC/C=C/C2CC2(C(=O)NS(=O)(=O)C2CC2)NC(=O)C2C[C@@H](N3Cc4cccc5cccc(c45)C3)CN2C1=O. The molecule has 0 aromatic heterocycles. The first kappa shape index (κ1) is 33.2. The van der Waals surface area contributed by atoms with E-state index in [9.17, 15) is 27.6 Å². The lowest BCUT2D eigenvalue weighted by Crippen LogP contribution is -2.58. The van der Waals surface area contributed by atoms with Crippen LogP contribution < -0.4 is 20.7 Å². The zero-order valence-corrected chi connectivity index (χ0v) is 29.1. The van der Waals surface area contributed by atoms with Crippen LogP contribution in [0.1, 0.15) is 81.8 Å². The van der Waals surface area contributed by atoms with Crippen molar-refractivity contribution >= 4 is 44.5 Å². The number of rotatable bonds is 6. The van der Waals surface area contributed by atoms with Crippen LogP contribution in [0.2, 0.25) is 0 Å². The number of hydrogen-bond donors (Lipinski definition) is 4. The lowest BCUT2D eigenvalue weighted by molar-refractivity contribution is -0.141. The summed E-state index contributed by atoms with van der Waals surface area (Å²) in [6.45, 7) is 1.62. The number of fused-ring (bicyclic) bond motifs is 2. The summed E-state index contributed by atoms with van der Waals surface area (Å²) in [7, 11) is -3.84. The molecule has 4 fully saturated rings. The van der Waals surface area contributed by atoms with Crippen molar-refractivity contribution in [2.24, 2.45) is 5.92 Å². The van der Waals surface area contributed by atoms with E-state index in [1.807, 2.05) is 12.2 Å². The average Bonchev–Trinajstić information content (AvgIpc) is 4.00. The minimum atomic E-state index is -3.84. The zero-order chi connectivity index (χ0) is 34.6. The van der Waals surface area contributed by atoms with Gasteiger partial charge in [0.2, 0.25) is 21.8 Å². The number of nitrogens with one attached hydrogen (secondary N) is 4. The fourth-order valence-electron chi connectivity index (χ4n) is 8.17. The Morgan fingerprint density at radius 1 is 0.900 bits per heavy atom. The molecular weight excluding hydrogens is 657 g/mol.